The summed E-state index contributed by atoms with van der Waals surface area (Å²) in [7, 11) is 0. The second kappa shape index (κ2) is 10.0. The van der Waals surface area contributed by atoms with Crippen LogP contribution >= 0.6 is 0 Å². The highest BCUT2D eigenvalue weighted by Crippen LogP contribution is 2.33. The van der Waals surface area contributed by atoms with Gasteiger partial charge in [0.1, 0.15) is 0 Å². The highest BCUT2D eigenvalue weighted by molar-refractivity contribution is 5.48. The highest BCUT2D eigenvalue weighted by Gasteiger charge is 2.25. The number of benzene rings is 1. The zero-order chi connectivity index (χ0) is 19.0. The first kappa shape index (κ1) is 19.4. The van der Waals surface area contributed by atoms with Crippen molar-refractivity contribution in [3.63, 3.8) is 0 Å². The Morgan fingerprint density at radius 1 is 1.11 bits per heavy atom. The fraction of sp³-hybridized carbons (Fsp3) is 0.522. The summed E-state index contributed by atoms with van der Waals surface area (Å²) in [6.07, 6.45) is 8.46. The molecule has 4 rings (SSSR count). The number of rotatable bonds is 8. The molecular formula is C23H30N2O3. The molecule has 1 aromatic carbocycles. The van der Waals surface area contributed by atoms with E-state index in [1.165, 1.54) is 11.1 Å². The molecule has 0 spiro atoms. The summed E-state index contributed by atoms with van der Waals surface area (Å²) >= 11 is 0. The minimum Gasteiger partial charge on any atom is -0.381 e. The van der Waals surface area contributed by atoms with Crippen molar-refractivity contribution in [2.24, 2.45) is 5.92 Å². The van der Waals surface area contributed by atoms with Crippen molar-refractivity contribution in [2.75, 3.05) is 31.7 Å². The molecule has 150 valence electrons. The quantitative estimate of drug-likeness (QED) is 0.735. The number of nitrogens with one attached hydrogen (secondary N) is 1. The van der Waals surface area contributed by atoms with Crippen molar-refractivity contribution < 1.29 is 14.2 Å². The first-order chi connectivity index (χ1) is 13.9. The third-order valence-corrected chi connectivity index (χ3v) is 5.63. The normalized spacial score (nSPS) is 21.5. The maximum atomic E-state index is 5.89. The fourth-order valence-corrected chi connectivity index (χ4v) is 4.10. The number of aromatic nitrogens is 1. The molecule has 0 saturated carbocycles. The van der Waals surface area contributed by atoms with Crippen molar-refractivity contribution in [3.8, 4) is 0 Å². The molecule has 2 fully saturated rings. The van der Waals surface area contributed by atoms with E-state index in [0.717, 1.165) is 51.2 Å². The molecule has 2 atom stereocenters. The lowest BCUT2D eigenvalue weighted by molar-refractivity contribution is 0.0106. The van der Waals surface area contributed by atoms with Crippen molar-refractivity contribution in [3.05, 3.63) is 59.9 Å². The molecule has 1 aromatic heterocycles. The van der Waals surface area contributed by atoms with E-state index in [4.69, 9.17) is 14.2 Å². The van der Waals surface area contributed by atoms with Crippen LogP contribution in [0.1, 0.15) is 42.9 Å². The summed E-state index contributed by atoms with van der Waals surface area (Å²) in [5, 5.41) is 3.76. The Balaban J connectivity index is 1.41. The van der Waals surface area contributed by atoms with Crippen molar-refractivity contribution in [1.29, 1.82) is 0 Å². The van der Waals surface area contributed by atoms with Crippen LogP contribution in [0.3, 0.4) is 0 Å². The zero-order valence-electron chi connectivity index (χ0n) is 16.4. The van der Waals surface area contributed by atoms with E-state index in [-0.39, 0.29) is 12.1 Å². The maximum Gasteiger partial charge on any atom is 0.0809 e. The number of hydrogen-bond donors (Lipinski definition) is 1. The van der Waals surface area contributed by atoms with Gasteiger partial charge in [0.25, 0.3) is 0 Å². The molecule has 0 radical (unpaired) electrons. The molecule has 5 nitrogen and oxygen atoms in total. The van der Waals surface area contributed by atoms with Gasteiger partial charge in [-0.25, -0.2) is 0 Å². The maximum absolute atomic E-state index is 5.89. The summed E-state index contributed by atoms with van der Waals surface area (Å²) in [6, 6.07) is 12.9. The van der Waals surface area contributed by atoms with Crippen LogP contribution in [0.15, 0.2) is 48.8 Å². The number of nitrogens with zero attached hydrogens (tertiary/aromatic N) is 1. The molecule has 2 aliphatic heterocycles. The molecule has 1 N–H and O–H groups in total. The topological polar surface area (TPSA) is 52.6 Å². The van der Waals surface area contributed by atoms with E-state index in [0.29, 0.717) is 19.1 Å². The molecule has 0 bridgehead atoms. The van der Waals surface area contributed by atoms with Crippen LogP contribution in [0.2, 0.25) is 0 Å². The Morgan fingerprint density at radius 2 is 2.04 bits per heavy atom. The Morgan fingerprint density at radius 3 is 2.82 bits per heavy atom. The molecule has 3 heterocycles. The Hall–Kier alpha value is -1.95. The Bertz CT molecular complexity index is 713. The second-order valence-corrected chi connectivity index (χ2v) is 7.71. The van der Waals surface area contributed by atoms with Crippen molar-refractivity contribution in [1.82, 2.24) is 4.98 Å². The van der Waals surface area contributed by atoms with Gasteiger partial charge in [-0.15, -0.1) is 0 Å². The predicted molar refractivity (Wildman–Crippen MR) is 109 cm³/mol. The molecule has 2 aliphatic rings. The predicted octanol–water partition coefficient (Wildman–Crippen LogP) is 4.36. The molecule has 28 heavy (non-hydrogen) atoms. The molecule has 2 saturated heterocycles. The van der Waals surface area contributed by atoms with E-state index in [1.54, 1.807) is 0 Å². The third-order valence-electron chi connectivity index (χ3n) is 5.63. The van der Waals surface area contributed by atoms with Crippen LogP contribution in [0.5, 0.6) is 0 Å². The van der Waals surface area contributed by atoms with E-state index >= 15 is 0 Å². The Kier molecular flexibility index (Phi) is 6.92. The number of ether oxygens (including phenoxy) is 3. The number of hydrogen-bond acceptors (Lipinski definition) is 5. The summed E-state index contributed by atoms with van der Waals surface area (Å²) in [5.74, 6) is 0.539. The molecule has 5 heteroatoms. The smallest absolute Gasteiger partial charge is 0.0809 e. The Labute approximate surface area is 167 Å². The van der Waals surface area contributed by atoms with Gasteiger partial charge in [0.15, 0.2) is 0 Å². The average Bonchev–Trinajstić information content (AvgIpc) is 3.27. The number of anilines is 1. The highest BCUT2D eigenvalue weighted by atomic mass is 16.5. The summed E-state index contributed by atoms with van der Waals surface area (Å²) < 4.78 is 17.1. The first-order valence-corrected chi connectivity index (χ1v) is 10.4. The minimum absolute atomic E-state index is 0.237. The fourth-order valence-electron chi connectivity index (χ4n) is 4.10. The van der Waals surface area contributed by atoms with Gasteiger partial charge in [0.05, 0.1) is 25.4 Å². The van der Waals surface area contributed by atoms with E-state index in [1.807, 2.05) is 18.5 Å². The van der Waals surface area contributed by atoms with Crippen LogP contribution < -0.4 is 5.32 Å². The van der Waals surface area contributed by atoms with E-state index in [2.05, 4.69) is 40.6 Å². The zero-order valence-corrected chi connectivity index (χ0v) is 16.4. The van der Waals surface area contributed by atoms with Crippen LogP contribution in [0.25, 0.3) is 0 Å². The molecule has 2 unspecified atom stereocenters. The lowest BCUT2D eigenvalue weighted by Crippen LogP contribution is -2.27. The largest absolute Gasteiger partial charge is 0.381 e. The van der Waals surface area contributed by atoms with Gasteiger partial charge >= 0.3 is 0 Å². The van der Waals surface area contributed by atoms with Gasteiger partial charge in [0.2, 0.25) is 0 Å². The van der Waals surface area contributed by atoms with Gasteiger partial charge in [-0.05, 0) is 60.9 Å². The lowest BCUT2D eigenvalue weighted by Gasteiger charge is -2.32. The molecular weight excluding hydrogens is 352 g/mol. The standard InChI is InChI=1S/C23H30N2O3/c1-4-18(16-27-17-22-7-3-11-28-22)14-21(6-1)25-23(19-8-12-26-13-9-19)20-5-2-10-24-15-20/h1-2,4-6,10,14-15,19,22-23,25H,3,7-9,11-13,16-17H2. The van der Waals surface area contributed by atoms with E-state index < -0.39 is 0 Å². The minimum atomic E-state index is 0.237. The number of pyridine rings is 1. The monoisotopic (exact) mass is 382 g/mol. The van der Waals surface area contributed by atoms with Gasteiger partial charge in [-0.1, -0.05) is 18.2 Å². The molecule has 2 aromatic rings. The van der Waals surface area contributed by atoms with Crippen LogP contribution in [-0.2, 0) is 20.8 Å². The third kappa shape index (κ3) is 5.31. The first-order valence-electron chi connectivity index (χ1n) is 10.4. The lowest BCUT2D eigenvalue weighted by atomic mass is 9.87. The van der Waals surface area contributed by atoms with Gasteiger partial charge < -0.3 is 19.5 Å². The molecule has 0 amide bonds. The van der Waals surface area contributed by atoms with Crippen LogP contribution in [0.4, 0.5) is 5.69 Å². The summed E-state index contributed by atoms with van der Waals surface area (Å²) in [6.45, 7) is 3.83. The van der Waals surface area contributed by atoms with Crippen molar-refractivity contribution in [2.45, 2.75) is 44.4 Å². The average molecular weight is 383 g/mol. The summed E-state index contributed by atoms with van der Waals surface area (Å²) in [5.41, 5.74) is 3.54. The van der Waals surface area contributed by atoms with Gasteiger partial charge in [0, 0.05) is 37.9 Å². The molecule has 0 aliphatic carbocycles. The van der Waals surface area contributed by atoms with Crippen molar-refractivity contribution >= 4 is 5.69 Å². The van der Waals surface area contributed by atoms with Crippen LogP contribution in [-0.4, -0.2) is 37.5 Å². The van der Waals surface area contributed by atoms with Gasteiger partial charge in [-0.3, -0.25) is 4.98 Å². The van der Waals surface area contributed by atoms with E-state index in [9.17, 15) is 0 Å². The SMILES string of the molecule is c1cc(COCC2CCCO2)cc(NC(c2cccnc2)C2CCOCC2)c1. The summed E-state index contributed by atoms with van der Waals surface area (Å²) in [4.78, 5) is 4.33. The van der Waals surface area contributed by atoms with Crippen LogP contribution in [0, 0.1) is 5.92 Å². The van der Waals surface area contributed by atoms with Gasteiger partial charge in [-0.2, -0.15) is 0 Å². The second-order valence-electron chi connectivity index (χ2n) is 7.71.